The molecule has 1 aliphatic rings. The van der Waals surface area contributed by atoms with E-state index in [1.165, 1.54) is 79.7 Å². The normalized spacial score (nSPS) is 14.9. The number of hydrogen-bond acceptors (Lipinski definition) is 9. The smallest absolute Gasteiger partial charge is 0.434 e. The van der Waals surface area contributed by atoms with E-state index in [1.54, 1.807) is 0 Å². The number of hydrogen-bond donors (Lipinski definition) is 0. The summed E-state index contributed by atoms with van der Waals surface area (Å²) in [5, 5.41) is 11.3. The third-order valence-electron chi connectivity index (χ3n) is 6.46. The van der Waals surface area contributed by atoms with Gasteiger partial charge in [-0.3, -0.25) is 19.5 Å². The minimum atomic E-state index is -5.04. The lowest BCUT2D eigenvalue weighted by Crippen LogP contribution is -2.41. The molecule has 1 aromatic heterocycles. The number of fused-ring (bicyclic) bond motifs is 1. The fourth-order valence-electron chi connectivity index (χ4n) is 4.50. The summed E-state index contributed by atoms with van der Waals surface area (Å²) in [5.74, 6) is -2.00. The summed E-state index contributed by atoms with van der Waals surface area (Å²) in [4.78, 5) is 52.8. The Hall–Kier alpha value is -5.08. The highest BCUT2D eigenvalue weighted by atomic mass is 35.5. The third-order valence-corrected chi connectivity index (χ3v) is 7.70. The molecule has 0 amide bonds. The molecule has 1 atom stereocenters. The number of allylic oxidation sites excluding steroid dienone is 1. The molecule has 0 aliphatic carbocycles. The molecule has 15 heteroatoms. The maximum atomic E-state index is 14.2. The second-order valence-electron chi connectivity index (χ2n) is 9.38. The van der Waals surface area contributed by atoms with Gasteiger partial charge in [-0.15, -0.1) is 0 Å². The SMILES string of the molecule is CCOC(=O)C1=C(C(F)(F)F)N=c2s/c(=C\c3ccc(OC(=O)c4cccc([N+](=O)[O-])c4)cc3)c(=O)n2[C@@H]1c1ccc(Cl)cc1. The fraction of sp³-hybridized carbons (Fsp3) is 0.133. The number of esters is 2. The van der Waals surface area contributed by atoms with E-state index in [0.717, 1.165) is 10.6 Å². The molecule has 2 heterocycles. The monoisotopic (exact) mass is 657 g/mol. The van der Waals surface area contributed by atoms with E-state index in [1.807, 2.05) is 0 Å². The third kappa shape index (κ3) is 6.56. The lowest BCUT2D eigenvalue weighted by atomic mass is 9.95. The lowest BCUT2D eigenvalue weighted by molar-refractivity contribution is -0.384. The minimum Gasteiger partial charge on any atom is -0.463 e. The Morgan fingerprint density at radius 3 is 2.40 bits per heavy atom. The number of thiazole rings is 1. The Kier molecular flexibility index (Phi) is 8.71. The maximum absolute atomic E-state index is 14.2. The van der Waals surface area contributed by atoms with E-state index in [-0.39, 0.29) is 38.5 Å². The number of nitrogens with zero attached hydrogens (tertiary/aromatic N) is 3. The molecule has 0 N–H and O–H groups in total. The number of nitro benzene ring substituents is 1. The molecule has 0 fully saturated rings. The van der Waals surface area contributed by atoms with Crippen molar-refractivity contribution in [2.45, 2.75) is 19.1 Å². The van der Waals surface area contributed by atoms with E-state index in [2.05, 4.69) is 4.99 Å². The van der Waals surface area contributed by atoms with Crippen LogP contribution < -0.4 is 19.6 Å². The van der Waals surface area contributed by atoms with Gasteiger partial charge in [0.25, 0.3) is 11.2 Å². The van der Waals surface area contributed by atoms with Crippen LogP contribution in [0.15, 0.2) is 93.9 Å². The van der Waals surface area contributed by atoms with Crippen molar-refractivity contribution in [1.82, 2.24) is 4.57 Å². The summed E-state index contributed by atoms with van der Waals surface area (Å²) < 4.78 is 54.0. The molecule has 0 unspecified atom stereocenters. The van der Waals surface area contributed by atoms with Gasteiger partial charge in [-0.25, -0.2) is 14.6 Å². The molecule has 0 bridgehead atoms. The number of carbonyl (C=O) groups excluding carboxylic acids is 2. The molecular formula is C30H19ClF3N3O7S. The summed E-state index contributed by atoms with van der Waals surface area (Å²) in [7, 11) is 0. The summed E-state index contributed by atoms with van der Waals surface area (Å²) in [6, 6.07) is 15.0. The molecule has 4 aromatic rings. The first-order valence-electron chi connectivity index (χ1n) is 13.0. The van der Waals surface area contributed by atoms with E-state index in [9.17, 15) is 37.7 Å². The first kappa shape index (κ1) is 31.3. The van der Waals surface area contributed by atoms with Crippen LogP contribution in [0.2, 0.25) is 5.02 Å². The highest BCUT2D eigenvalue weighted by molar-refractivity contribution is 7.07. The van der Waals surface area contributed by atoms with E-state index >= 15 is 0 Å². The van der Waals surface area contributed by atoms with Crippen molar-refractivity contribution < 1.29 is 37.2 Å². The minimum absolute atomic E-state index is 0.0145. The first-order chi connectivity index (χ1) is 21.4. The maximum Gasteiger partial charge on any atom is 0.434 e. The van der Waals surface area contributed by atoms with Crippen molar-refractivity contribution in [2.24, 2.45) is 4.99 Å². The van der Waals surface area contributed by atoms with Crippen LogP contribution in [0.5, 0.6) is 5.75 Å². The van der Waals surface area contributed by atoms with Gasteiger partial charge in [-0.2, -0.15) is 13.2 Å². The Morgan fingerprint density at radius 1 is 1.09 bits per heavy atom. The fourth-order valence-corrected chi connectivity index (χ4v) is 5.62. The first-order valence-corrected chi connectivity index (χ1v) is 14.2. The van der Waals surface area contributed by atoms with Crippen LogP contribution in [0, 0.1) is 10.1 Å². The predicted molar refractivity (Wildman–Crippen MR) is 157 cm³/mol. The van der Waals surface area contributed by atoms with Crippen molar-refractivity contribution in [2.75, 3.05) is 6.61 Å². The summed E-state index contributed by atoms with van der Waals surface area (Å²) >= 11 is 6.68. The number of rotatable bonds is 7. The average molecular weight is 658 g/mol. The molecule has 10 nitrogen and oxygen atoms in total. The zero-order valence-electron chi connectivity index (χ0n) is 22.9. The van der Waals surface area contributed by atoms with Gasteiger partial charge >= 0.3 is 18.1 Å². The van der Waals surface area contributed by atoms with E-state index in [4.69, 9.17) is 21.1 Å². The number of alkyl halides is 3. The number of ether oxygens (including phenoxy) is 2. The number of carbonyl (C=O) groups is 2. The topological polar surface area (TPSA) is 130 Å². The van der Waals surface area contributed by atoms with Crippen LogP contribution in [-0.4, -0.2) is 34.2 Å². The molecule has 0 saturated carbocycles. The van der Waals surface area contributed by atoms with Gasteiger partial charge in [0, 0.05) is 17.2 Å². The molecular weight excluding hydrogens is 639 g/mol. The molecule has 0 saturated heterocycles. The zero-order chi connectivity index (χ0) is 32.5. The van der Waals surface area contributed by atoms with Crippen molar-refractivity contribution in [1.29, 1.82) is 0 Å². The summed E-state index contributed by atoms with van der Waals surface area (Å²) in [6.45, 7) is 1.24. The quantitative estimate of drug-likeness (QED) is 0.117. The standard InChI is InChI=1S/C30H19ClF3N3O7S/c1-2-43-28(40)23-24(17-8-10-19(31)11-9-17)36-26(38)22(45-29(36)35-25(23)30(32,33)34)14-16-6-12-21(13-7-16)44-27(39)18-4-3-5-20(15-18)37(41)42/h3-15,24H,2H2,1H3/b22-14-/t24-/m1/s1. The van der Waals surface area contributed by atoms with Gasteiger partial charge in [0.05, 0.1) is 33.2 Å². The summed E-state index contributed by atoms with van der Waals surface area (Å²) in [5.41, 5.74) is -2.71. The van der Waals surface area contributed by atoms with Crippen LogP contribution >= 0.6 is 22.9 Å². The van der Waals surface area contributed by atoms with Crippen molar-refractivity contribution >= 4 is 46.6 Å². The molecule has 3 aromatic carbocycles. The molecule has 0 spiro atoms. The van der Waals surface area contributed by atoms with Crippen molar-refractivity contribution in [3.8, 4) is 5.75 Å². The van der Waals surface area contributed by atoms with Crippen LogP contribution in [0.4, 0.5) is 18.9 Å². The van der Waals surface area contributed by atoms with Crippen LogP contribution in [0.1, 0.15) is 34.5 Å². The van der Waals surface area contributed by atoms with Gasteiger partial charge in [0.1, 0.15) is 5.75 Å². The van der Waals surface area contributed by atoms with Crippen LogP contribution in [0.25, 0.3) is 6.08 Å². The van der Waals surface area contributed by atoms with Gasteiger partial charge < -0.3 is 9.47 Å². The molecule has 5 rings (SSSR count). The van der Waals surface area contributed by atoms with Gasteiger partial charge in [-0.1, -0.05) is 53.3 Å². The second kappa shape index (κ2) is 12.5. The Bertz CT molecular complexity index is 2040. The highest BCUT2D eigenvalue weighted by Crippen LogP contribution is 2.38. The Labute approximate surface area is 260 Å². The zero-order valence-corrected chi connectivity index (χ0v) is 24.5. The average Bonchev–Trinajstić information content (AvgIpc) is 3.31. The molecule has 1 aliphatic heterocycles. The number of aromatic nitrogens is 1. The van der Waals surface area contributed by atoms with Gasteiger partial charge in [0.2, 0.25) is 0 Å². The Balaban J connectivity index is 1.55. The Morgan fingerprint density at radius 2 is 1.78 bits per heavy atom. The van der Waals surface area contributed by atoms with Crippen LogP contribution in [-0.2, 0) is 9.53 Å². The molecule has 45 heavy (non-hydrogen) atoms. The lowest BCUT2D eigenvalue weighted by Gasteiger charge is -2.26. The summed E-state index contributed by atoms with van der Waals surface area (Å²) in [6.07, 6.45) is -3.63. The van der Waals surface area contributed by atoms with Crippen LogP contribution in [0.3, 0.4) is 0 Å². The van der Waals surface area contributed by atoms with Crippen molar-refractivity contribution in [3.63, 3.8) is 0 Å². The van der Waals surface area contributed by atoms with Crippen molar-refractivity contribution in [3.05, 3.63) is 136 Å². The number of non-ortho nitro benzene ring substituents is 1. The number of halogens is 4. The second-order valence-corrected chi connectivity index (χ2v) is 10.8. The molecule has 0 radical (unpaired) electrons. The molecule has 230 valence electrons. The number of nitro groups is 1. The number of benzene rings is 3. The predicted octanol–water partition coefficient (Wildman–Crippen LogP) is 5.12. The van der Waals surface area contributed by atoms with E-state index in [0.29, 0.717) is 21.9 Å². The highest BCUT2D eigenvalue weighted by Gasteiger charge is 2.45. The largest absolute Gasteiger partial charge is 0.463 e. The van der Waals surface area contributed by atoms with Gasteiger partial charge in [-0.05, 0) is 54.5 Å². The van der Waals surface area contributed by atoms with E-state index < -0.39 is 45.9 Å². The van der Waals surface area contributed by atoms with Gasteiger partial charge in [0.15, 0.2) is 10.5 Å².